The topological polar surface area (TPSA) is 61.1 Å². The molecule has 0 aliphatic carbocycles. The minimum atomic E-state index is -1.08. The molecule has 14 heavy (non-hydrogen) atoms. The SMILES string of the molecule is N#CC(I)=C(C(=O)O)c1ccccc1. The average Bonchev–Trinajstić information content (AvgIpc) is 2.19. The minimum absolute atomic E-state index is 0.0497. The van der Waals surface area contributed by atoms with Gasteiger partial charge in [0.1, 0.15) is 9.65 Å². The number of nitriles is 1. The van der Waals surface area contributed by atoms with Crippen molar-refractivity contribution in [1.29, 1.82) is 5.26 Å². The first-order valence-electron chi connectivity index (χ1n) is 3.75. The monoisotopic (exact) mass is 299 g/mol. The third-order valence-corrected chi connectivity index (χ3v) is 2.37. The van der Waals surface area contributed by atoms with Crippen molar-refractivity contribution in [2.24, 2.45) is 0 Å². The summed E-state index contributed by atoms with van der Waals surface area (Å²) in [5, 5.41) is 17.6. The highest BCUT2D eigenvalue weighted by atomic mass is 127. The molecule has 70 valence electrons. The van der Waals surface area contributed by atoms with Crippen LogP contribution in [0.4, 0.5) is 0 Å². The zero-order chi connectivity index (χ0) is 10.6. The van der Waals surface area contributed by atoms with Gasteiger partial charge in [0.25, 0.3) is 0 Å². The second-order valence-corrected chi connectivity index (χ2v) is 3.55. The van der Waals surface area contributed by atoms with E-state index in [1.165, 1.54) is 0 Å². The largest absolute Gasteiger partial charge is 0.478 e. The predicted molar refractivity (Wildman–Crippen MR) is 60.6 cm³/mol. The third-order valence-electron chi connectivity index (χ3n) is 1.59. The van der Waals surface area contributed by atoms with Crippen LogP contribution < -0.4 is 0 Å². The van der Waals surface area contributed by atoms with Crippen LogP contribution in [0.15, 0.2) is 33.9 Å². The standard InChI is InChI=1S/C10H6INO2/c11-8(6-12)9(10(13)14)7-4-2-1-3-5-7/h1-5H,(H,13,14). The molecule has 0 atom stereocenters. The van der Waals surface area contributed by atoms with Crippen LogP contribution in [0.1, 0.15) is 5.56 Å². The van der Waals surface area contributed by atoms with Crippen LogP contribution in [0.5, 0.6) is 0 Å². The van der Waals surface area contributed by atoms with Crippen molar-refractivity contribution < 1.29 is 9.90 Å². The number of benzene rings is 1. The molecule has 0 saturated heterocycles. The van der Waals surface area contributed by atoms with Crippen LogP contribution >= 0.6 is 22.6 Å². The van der Waals surface area contributed by atoms with Crippen LogP contribution in [-0.4, -0.2) is 11.1 Å². The maximum absolute atomic E-state index is 10.9. The van der Waals surface area contributed by atoms with E-state index in [-0.39, 0.29) is 9.15 Å². The molecule has 0 heterocycles. The molecule has 0 amide bonds. The Morgan fingerprint density at radius 3 is 2.36 bits per heavy atom. The number of carboxylic acids is 1. The van der Waals surface area contributed by atoms with E-state index in [1.807, 2.05) is 6.07 Å². The maximum atomic E-state index is 10.9. The van der Waals surface area contributed by atoms with Gasteiger partial charge in [0.2, 0.25) is 0 Å². The van der Waals surface area contributed by atoms with Crippen molar-refractivity contribution in [3.63, 3.8) is 0 Å². The summed E-state index contributed by atoms with van der Waals surface area (Å²) in [7, 11) is 0. The predicted octanol–water partition coefficient (Wildman–Crippen LogP) is 2.44. The van der Waals surface area contributed by atoms with E-state index in [4.69, 9.17) is 10.4 Å². The molecular weight excluding hydrogens is 293 g/mol. The van der Waals surface area contributed by atoms with Crippen molar-refractivity contribution in [2.45, 2.75) is 0 Å². The molecule has 0 saturated carbocycles. The lowest BCUT2D eigenvalue weighted by Crippen LogP contribution is -2.00. The van der Waals surface area contributed by atoms with Gasteiger partial charge in [0, 0.05) is 0 Å². The molecular formula is C10H6INO2. The van der Waals surface area contributed by atoms with Crippen LogP contribution in [0.3, 0.4) is 0 Å². The average molecular weight is 299 g/mol. The van der Waals surface area contributed by atoms with E-state index in [0.29, 0.717) is 5.56 Å². The molecule has 1 rings (SSSR count). The Morgan fingerprint density at radius 2 is 1.93 bits per heavy atom. The highest BCUT2D eigenvalue weighted by Crippen LogP contribution is 2.22. The number of carbonyl (C=O) groups is 1. The number of aliphatic carboxylic acids is 1. The number of rotatable bonds is 2. The normalized spacial score (nSPS) is 11.4. The summed E-state index contributed by atoms with van der Waals surface area (Å²) in [6.07, 6.45) is 0. The van der Waals surface area contributed by atoms with Gasteiger partial charge in [-0.25, -0.2) is 4.79 Å². The summed E-state index contributed by atoms with van der Waals surface area (Å²) >= 11 is 1.72. The first-order valence-corrected chi connectivity index (χ1v) is 4.83. The maximum Gasteiger partial charge on any atom is 0.338 e. The molecule has 1 aromatic carbocycles. The van der Waals surface area contributed by atoms with Crippen LogP contribution in [0.2, 0.25) is 0 Å². The van der Waals surface area contributed by atoms with Gasteiger partial charge < -0.3 is 5.11 Å². The Labute approximate surface area is 94.8 Å². The molecule has 0 fully saturated rings. The molecule has 0 aromatic heterocycles. The number of allylic oxidation sites excluding steroid dienone is 1. The van der Waals surface area contributed by atoms with Crippen molar-refractivity contribution >= 4 is 34.1 Å². The van der Waals surface area contributed by atoms with Crippen LogP contribution in [0.25, 0.3) is 5.57 Å². The lowest BCUT2D eigenvalue weighted by molar-refractivity contribution is -0.130. The van der Waals surface area contributed by atoms with Gasteiger partial charge in [0.05, 0.1) is 5.57 Å². The Hall–Kier alpha value is -1.35. The molecule has 0 aliphatic heterocycles. The Morgan fingerprint density at radius 1 is 1.36 bits per heavy atom. The number of halogens is 1. The number of nitrogens with zero attached hydrogens (tertiary/aromatic N) is 1. The highest BCUT2D eigenvalue weighted by Gasteiger charge is 2.14. The van der Waals surface area contributed by atoms with Crippen molar-refractivity contribution in [3.05, 3.63) is 39.5 Å². The minimum Gasteiger partial charge on any atom is -0.478 e. The number of carboxylic acid groups (broad SMARTS) is 1. The number of hydrogen-bond donors (Lipinski definition) is 1. The van der Waals surface area contributed by atoms with E-state index in [2.05, 4.69) is 0 Å². The fraction of sp³-hybridized carbons (Fsp3) is 0. The lowest BCUT2D eigenvalue weighted by Gasteiger charge is -2.01. The highest BCUT2D eigenvalue weighted by molar-refractivity contribution is 14.1. The van der Waals surface area contributed by atoms with Crippen LogP contribution in [-0.2, 0) is 4.79 Å². The summed E-state index contributed by atoms with van der Waals surface area (Å²) in [6, 6.07) is 10.4. The van der Waals surface area contributed by atoms with E-state index >= 15 is 0 Å². The van der Waals surface area contributed by atoms with Gasteiger partial charge >= 0.3 is 5.97 Å². The summed E-state index contributed by atoms with van der Waals surface area (Å²) in [6.45, 7) is 0. The van der Waals surface area contributed by atoms with Crippen LogP contribution in [0, 0.1) is 11.3 Å². The molecule has 1 N–H and O–H groups in total. The lowest BCUT2D eigenvalue weighted by atomic mass is 10.1. The summed E-state index contributed by atoms with van der Waals surface area (Å²) in [5.74, 6) is -1.08. The van der Waals surface area contributed by atoms with Gasteiger partial charge in [-0.1, -0.05) is 30.3 Å². The molecule has 0 aliphatic rings. The van der Waals surface area contributed by atoms with Gasteiger partial charge in [-0.3, -0.25) is 0 Å². The van der Waals surface area contributed by atoms with Gasteiger partial charge in [-0.15, -0.1) is 0 Å². The summed E-state index contributed by atoms with van der Waals surface area (Å²) in [4.78, 5) is 10.9. The van der Waals surface area contributed by atoms with Gasteiger partial charge in [-0.2, -0.15) is 5.26 Å². The Kier molecular flexibility index (Phi) is 3.65. The third kappa shape index (κ3) is 2.33. The van der Waals surface area contributed by atoms with Crippen molar-refractivity contribution in [2.75, 3.05) is 0 Å². The molecule has 1 aromatic rings. The van der Waals surface area contributed by atoms with Crippen molar-refractivity contribution in [3.8, 4) is 6.07 Å². The fourth-order valence-electron chi connectivity index (χ4n) is 1.00. The summed E-state index contributed by atoms with van der Waals surface area (Å²) < 4.78 is 0.182. The fourth-order valence-corrected chi connectivity index (χ4v) is 1.55. The summed E-state index contributed by atoms with van der Waals surface area (Å²) in [5.41, 5.74) is 0.597. The molecule has 0 spiro atoms. The molecule has 0 bridgehead atoms. The van der Waals surface area contributed by atoms with E-state index in [1.54, 1.807) is 52.9 Å². The van der Waals surface area contributed by atoms with E-state index < -0.39 is 5.97 Å². The first kappa shape index (κ1) is 10.7. The molecule has 3 nitrogen and oxygen atoms in total. The van der Waals surface area contributed by atoms with E-state index in [9.17, 15) is 4.79 Å². The molecule has 0 unspecified atom stereocenters. The second kappa shape index (κ2) is 4.77. The zero-order valence-corrected chi connectivity index (χ0v) is 9.22. The second-order valence-electron chi connectivity index (χ2n) is 2.47. The number of hydrogen-bond acceptors (Lipinski definition) is 2. The van der Waals surface area contributed by atoms with Gasteiger partial charge in [-0.05, 0) is 28.2 Å². The quantitative estimate of drug-likeness (QED) is 0.518. The zero-order valence-electron chi connectivity index (χ0n) is 7.07. The molecule has 0 radical (unpaired) electrons. The van der Waals surface area contributed by atoms with Crippen molar-refractivity contribution in [1.82, 2.24) is 0 Å². The Balaban J connectivity index is 3.30. The first-order chi connectivity index (χ1) is 6.66. The smallest absolute Gasteiger partial charge is 0.338 e. The van der Waals surface area contributed by atoms with E-state index in [0.717, 1.165) is 0 Å². The molecule has 4 heteroatoms. The Bertz CT molecular complexity index is 417. The van der Waals surface area contributed by atoms with Gasteiger partial charge in [0.15, 0.2) is 0 Å².